The van der Waals surface area contributed by atoms with Gasteiger partial charge in [-0.1, -0.05) is 66.3 Å². The summed E-state index contributed by atoms with van der Waals surface area (Å²) in [6.45, 7) is 29.9. The number of rotatable bonds is 23. The first-order chi connectivity index (χ1) is 19.0. The number of carbonyl (C=O) groups is 2. The zero-order valence-electron chi connectivity index (χ0n) is 28.3. The van der Waals surface area contributed by atoms with E-state index in [1.165, 1.54) is 18.9 Å². The summed E-state index contributed by atoms with van der Waals surface area (Å²) in [4.78, 5) is 23.1. The molecule has 0 bridgehead atoms. The van der Waals surface area contributed by atoms with Gasteiger partial charge in [-0.15, -0.1) is 0 Å². The van der Waals surface area contributed by atoms with Crippen LogP contribution >= 0.6 is 0 Å². The van der Waals surface area contributed by atoms with Gasteiger partial charge >= 0.3 is 12.1 Å². The van der Waals surface area contributed by atoms with Crippen LogP contribution in [0, 0.1) is 0 Å². The van der Waals surface area contributed by atoms with Gasteiger partial charge in [0.2, 0.25) is 8.32 Å². The Balaban J connectivity index is 4.72. The number of hydrogen-bond acceptors (Lipinski definition) is 7. The van der Waals surface area contributed by atoms with E-state index in [9.17, 15) is 9.59 Å². The van der Waals surface area contributed by atoms with E-state index >= 15 is 0 Å². The van der Waals surface area contributed by atoms with Gasteiger partial charge in [-0.25, -0.2) is 9.59 Å². The molecule has 0 aliphatic rings. The van der Waals surface area contributed by atoms with Crippen molar-refractivity contribution < 1.29 is 32.7 Å². The lowest BCUT2D eigenvalue weighted by Gasteiger charge is -2.50. The first kappa shape index (κ1) is 40.0. The molecule has 1 unspecified atom stereocenters. The zero-order chi connectivity index (χ0) is 31.7. The fourth-order valence-electron chi connectivity index (χ4n) is 5.37. The summed E-state index contributed by atoms with van der Waals surface area (Å²) in [5.74, 6) is -0.477. The third-order valence-corrected chi connectivity index (χ3v) is 18.8. The minimum atomic E-state index is -2.19. The average Bonchev–Trinajstić information content (AvgIpc) is 2.90. The Morgan fingerprint density at radius 3 is 2.02 bits per heavy atom. The summed E-state index contributed by atoms with van der Waals surface area (Å²) in [6.07, 6.45) is 5.87. The fraction of sp³-hybridized carbons (Fsp3) is 0.867. The standard InChI is InChI=1S/C30H63NO7Si3/c1-13-17-25-40(9,10)38-30(15-3,16-4)41(11,12)37-27(14-2)39(7,8)24-18-20-34-22-23-36-29(33)31-19-21-35-28(32)26(5)6/h27H,5,13-25H2,1-4,6-12H3,(H,31,33). The Labute approximate surface area is 254 Å². The summed E-state index contributed by atoms with van der Waals surface area (Å²) in [5.41, 5.74) is 0.606. The van der Waals surface area contributed by atoms with Gasteiger partial charge in [0.25, 0.3) is 0 Å². The van der Waals surface area contributed by atoms with Crippen LogP contribution in [-0.2, 0) is 27.9 Å². The molecule has 0 radical (unpaired) electrons. The molecule has 242 valence electrons. The Bertz CT molecular complexity index is 786. The molecule has 0 saturated carbocycles. The second kappa shape index (κ2) is 19.3. The Kier molecular flexibility index (Phi) is 18.9. The van der Waals surface area contributed by atoms with E-state index in [-0.39, 0.29) is 30.7 Å². The van der Waals surface area contributed by atoms with Gasteiger partial charge < -0.3 is 28.4 Å². The molecular weight excluding hydrogens is 571 g/mol. The van der Waals surface area contributed by atoms with Gasteiger partial charge in [-0.3, -0.25) is 0 Å². The molecule has 0 spiro atoms. The molecule has 0 rings (SSSR count). The van der Waals surface area contributed by atoms with Crippen molar-refractivity contribution in [2.75, 3.05) is 33.0 Å². The van der Waals surface area contributed by atoms with E-state index in [4.69, 9.17) is 23.1 Å². The van der Waals surface area contributed by atoms with Crippen LogP contribution in [0.3, 0.4) is 0 Å². The lowest BCUT2D eigenvalue weighted by molar-refractivity contribution is -0.138. The number of nitrogens with one attached hydrogen (secondary N) is 1. The van der Waals surface area contributed by atoms with Crippen molar-refractivity contribution in [3.05, 3.63) is 12.2 Å². The zero-order valence-corrected chi connectivity index (χ0v) is 31.3. The fourth-order valence-corrected chi connectivity index (χ4v) is 17.3. The normalized spacial score (nSPS) is 13.5. The largest absolute Gasteiger partial charge is 0.460 e. The molecule has 0 aromatic heterocycles. The SMILES string of the molecule is C=C(C)C(=O)OCCNC(=O)OCCOCCC[Si](C)(C)C(CC)O[Si](C)(C)C(CC)(CC)O[Si](C)(C)CCCC. The van der Waals surface area contributed by atoms with E-state index in [1.807, 2.05) is 0 Å². The summed E-state index contributed by atoms with van der Waals surface area (Å²) < 4.78 is 30.1. The molecule has 41 heavy (non-hydrogen) atoms. The minimum Gasteiger partial charge on any atom is -0.460 e. The highest BCUT2D eigenvalue weighted by molar-refractivity contribution is 6.81. The third kappa shape index (κ3) is 14.8. The molecule has 0 aromatic carbocycles. The van der Waals surface area contributed by atoms with Crippen LogP contribution in [0.4, 0.5) is 4.79 Å². The predicted molar refractivity (Wildman–Crippen MR) is 177 cm³/mol. The molecular formula is C30H63NO7Si3. The van der Waals surface area contributed by atoms with Gasteiger partial charge in [-0.2, -0.15) is 0 Å². The molecule has 8 nitrogen and oxygen atoms in total. The van der Waals surface area contributed by atoms with E-state index in [0.717, 1.165) is 31.7 Å². The number of unbranched alkanes of at least 4 members (excludes halogenated alkanes) is 1. The van der Waals surface area contributed by atoms with E-state index in [0.29, 0.717) is 18.8 Å². The molecule has 0 aliphatic carbocycles. The number of alkyl carbamates (subject to hydrolysis) is 1. The summed E-state index contributed by atoms with van der Waals surface area (Å²) in [6, 6.07) is 2.32. The molecule has 1 atom stereocenters. The maximum absolute atomic E-state index is 11.7. The van der Waals surface area contributed by atoms with Crippen LogP contribution < -0.4 is 5.32 Å². The van der Waals surface area contributed by atoms with Gasteiger partial charge in [0, 0.05) is 17.9 Å². The van der Waals surface area contributed by atoms with Crippen molar-refractivity contribution in [1.82, 2.24) is 5.32 Å². The molecule has 0 heterocycles. The first-order valence-corrected chi connectivity index (χ1v) is 25.0. The second-order valence-electron chi connectivity index (χ2n) is 12.9. The van der Waals surface area contributed by atoms with E-state index in [2.05, 4.69) is 78.9 Å². The molecule has 1 N–H and O–H groups in total. The predicted octanol–water partition coefficient (Wildman–Crippen LogP) is 7.61. The summed E-state index contributed by atoms with van der Waals surface area (Å²) in [5, 5.41) is 2.39. The average molecular weight is 634 g/mol. The van der Waals surface area contributed by atoms with Crippen molar-refractivity contribution in [3.63, 3.8) is 0 Å². The maximum Gasteiger partial charge on any atom is 0.407 e. The number of hydrogen-bond donors (Lipinski definition) is 1. The molecule has 0 aliphatic heterocycles. The van der Waals surface area contributed by atoms with Crippen molar-refractivity contribution in [2.45, 2.75) is 135 Å². The second-order valence-corrected chi connectivity index (χ2v) is 26.4. The lowest BCUT2D eigenvalue weighted by atomic mass is 10.2. The van der Waals surface area contributed by atoms with Gasteiger partial charge in [-0.05, 0) is 64.8 Å². The Morgan fingerprint density at radius 1 is 0.854 bits per heavy atom. The molecule has 0 aromatic rings. The smallest absolute Gasteiger partial charge is 0.407 e. The van der Waals surface area contributed by atoms with Gasteiger partial charge in [0.15, 0.2) is 8.32 Å². The molecule has 0 saturated heterocycles. The monoisotopic (exact) mass is 633 g/mol. The Morgan fingerprint density at radius 2 is 1.49 bits per heavy atom. The summed E-state index contributed by atoms with van der Waals surface area (Å²) >= 11 is 0. The van der Waals surface area contributed by atoms with Crippen molar-refractivity contribution in [2.24, 2.45) is 0 Å². The van der Waals surface area contributed by atoms with Gasteiger partial charge in [0.05, 0.1) is 26.4 Å². The van der Waals surface area contributed by atoms with Crippen LogP contribution in [0.1, 0.15) is 73.1 Å². The van der Waals surface area contributed by atoms with Crippen LogP contribution in [0.5, 0.6) is 0 Å². The van der Waals surface area contributed by atoms with Crippen LogP contribution in [0.15, 0.2) is 12.2 Å². The number of carbonyl (C=O) groups excluding carboxylic acids is 2. The first-order valence-electron chi connectivity index (χ1n) is 15.7. The lowest BCUT2D eigenvalue weighted by Crippen LogP contribution is -2.64. The van der Waals surface area contributed by atoms with Crippen LogP contribution in [0.2, 0.25) is 51.4 Å². The quantitative estimate of drug-likeness (QED) is 0.0536. The number of amides is 1. The topological polar surface area (TPSA) is 92.3 Å². The Hall–Kier alpha value is -0.989. The van der Waals surface area contributed by atoms with Crippen molar-refractivity contribution >= 4 is 36.8 Å². The highest BCUT2D eigenvalue weighted by Crippen LogP contribution is 2.39. The van der Waals surface area contributed by atoms with Crippen molar-refractivity contribution in [1.29, 1.82) is 0 Å². The maximum atomic E-state index is 11.7. The number of esters is 1. The molecule has 0 fully saturated rings. The van der Waals surface area contributed by atoms with Gasteiger partial charge in [0.1, 0.15) is 13.2 Å². The van der Waals surface area contributed by atoms with Crippen molar-refractivity contribution in [3.8, 4) is 0 Å². The third-order valence-electron chi connectivity index (χ3n) is 8.05. The molecule has 1 amide bonds. The highest BCUT2D eigenvalue weighted by Gasteiger charge is 2.52. The minimum absolute atomic E-state index is 0.0721. The highest BCUT2D eigenvalue weighted by atomic mass is 28.4. The summed E-state index contributed by atoms with van der Waals surface area (Å²) in [7, 11) is -5.67. The van der Waals surface area contributed by atoms with Crippen LogP contribution in [-0.4, -0.2) is 80.7 Å². The molecule has 11 heteroatoms. The van der Waals surface area contributed by atoms with Crippen LogP contribution in [0.25, 0.3) is 0 Å². The number of ether oxygens (including phenoxy) is 3. The van der Waals surface area contributed by atoms with E-state index in [1.54, 1.807) is 6.92 Å². The van der Waals surface area contributed by atoms with E-state index < -0.39 is 36.8 Å².